The molecule has 0 atom stereocenters. The Morgan fingerprint density at radius 1 is 1.33 bits per heavy atom. The second kappa shape index (κ2) is 4.59. The largest absolute Gasteiger partial charge is 0.384 e. The Balaban J connectivity index is 1.86. The van der Waals surface area contributed by atoms with E-state index < -0.39 is 0 Å². The highest BCUT2D eigenvalue weighted by atomic mass is 16.5. The lowest BCUT2D eigenvalue weighted by atomic mass is 10.2. The van der Waals surface area contributed by atoms with Gasteiger partial charge in [-0.3, -0.25) is 0 Å². The van der Waals surface area contributed by atoms with Crippen LogP contribution in [0.4, 0.5) is 5.69 Å². The van der Waals surface area contributed by atoms with Crippen molar-refractivity contribution in [2.45, 2.75) is 13.3 Å². The van der Waals surface area contributed by atoms with Gasteiger partial charge in [-0.25, -0.2) is 0 Å². The Hall–Kier alpha value is -1.84. The number of para-hydroxylation sites is 1. The van der Waals surface area contributed by atoms with Crippen molar-refractivity contribution < 1.29 is 4.52 Å². The van der Waals surface area contributed by atoms with Gasteiger partial charge in [0.25, 0.3) is 0 Å². The lowest BCUT2D eigenvalue weighted by Crippen LogP contribution is -2.05. The first-order chi connectivity index (χ1) is 7.36. The number of rotatable bonds is 4. The maximum absolute atomic E-state index is 4.90. The van der Waals surface area contributed by atoms with E-state index in [1.165, 1.54) is 11.9 Å². The van der Waals surface area contributed by atoms with Crippen LogP contribution in [0.2, 0.25) is 0 Å². The number of hydrogen-bond donors (Lipinski definition) is 1. The second-order valence-corrected chi connectivity index (χ2v) is 3.33. The van der Waals surface area contributed by atoms with E-state index in [9.17, 15) is 0 Å². The fraction of sp³-hybridized carbons (Fsp3) is 0.273. The van der Waals surface area contributed by atoms with E-state index in [2.05, 4.69) is 34.5 Å². The second-order valence-electron chi connectivity index (χ2n) is 3.33. The third kappa shape index (κ3) is 2.56. The first kappa shape index (κ1) is 9.71. The monoisotopic (exact) mass is 203 g/mol. The van der Waals surface area contributed by atoms with Gasteiger partial charge in [0.05, 0.1) is 0 Å². The van der Waals surface area contributed by atoms with Crippen molar-refractivity contribution in [3.05, 3.63) is 42.0 Å². The molecule has 0 amide bonds. The minimum atomic E-state index is 0.663. The maximum atomic E-state index is 4.90. The predicted octanol–water partition coefficient (Wildman–Crippen LogP) is 2.03. The molecule has 0 saturated carbocycles. The van der Waals surface area contributed by atoms with Gasteiger partial charge in [-0.05, 0) is 18.6 Å². The highest BCUT2D eigenvalue weighted by Crippen LogP contribution is 2.12. The third-order valence-corrected chi connectivity index (χ3v) is 2.21. The quantitative estimate of drug-likeness (QED) is 0.826. The van der Waals surface area contributed by atoms with E-state index in [0.717, 1.165) is 18.7 Å². The molecule has 0 bridgehead atoms. The topological polar surface area (TPSA) is 51.0 Å². The first-order valence-corrected chi connectivity index (χ1v) is 4.91. The molecular weight excluding hydrogens is 190 g/mol. The van der Waals surface area contributed by atoms with E-state index in [1.807, 2.05) is 12.1 Å². The van der Waals surface area contributed by atoms with Crippen molar-refractivity contribution in [2.75, 3.05) is 11.9 Å². The summed E-state index contributed by atoms with van der Waals surface area (Å²) in [6.07, 6.45) is 2.16. The number of hydrogen-bond acceptors (Lipinski definition) is 4. The fourth-order valence-electron chi connectivity index (χ4n) is 1.38. The maximum Gasteiger partial charge on any atom is 0.228 e. The molecule has 4 heteroatoms. The third-order valence-electron chi connectivity index (χ3n) is 2.21. The van der Waals surface area contributed by atoms with Crippen LogP contribution >= 0.6 is 0 Å². The van der Waals surface area contributed by atoms with Gasteiger partial charge in [0.2, 0.25) is 5.89 Å². The van der Waals surface area contributed by atoms with Crippen LogP contribution in [0.5, 0.6) is 0 Å². The van der Waals surface area contributed by atoms with Gasteiger partial charge in [-0.2, -0.15) is 4.98 Å². The Morgan fingerprint density at radius 2 is 2.20 bits per heavy atom. The van der Waals surface area contributed by atoms with Crippen LogP contribution in [0.1, 0.15) is 11.5 Å². The summed E-state index contributed by atoms with van der Waals surface area (Å²) in [5.74, 6) is 0.663. The van der Waals surface area contributed by atoms with Crippen LogP contribution in [0, 0.1) is 6.92 Å². The zero-order valence-electron chi connectivity index (χ0n) is 8.60. The lowest BCUT2D eigenvalue weighted by Gasteiger charge is -2.07. The number of anilines is 1. The summed E-state index contributed by atoms with van der Waals surface area (Å²) in [5.41, 5.74) is 2.39. The molecular formula is C11H13N3O. The zero-order valence-corrected chi connectivity index (χ0v) is 8.60. The molecule has 0 aliphatic rings. The van der Waals surface area contributed by atoms with Gasteiger partial charge in [0.15, 0.2) is 6.33 Å². The van der Waals surface area contributed by atoms with E-state index in [-0.39, 0.29) is 0 Å². The molecule has 78 valence electrons. The van der Waals surface area contributed by atoms with Crippen molar-refractivity contribution >= 4 is 5.69 Å². The number of benzene rings is 1. The zero-order chi connectivity index (χ0) is 10.5. The Morgan fingerprint density at radius 3 is 2.93 bits per heavy atom. The Bertz CT molecular complexity index is 412. The van der Waals surface area contributed by atoms with Crippen molar-refractivity contribution in [3.63, 3.8) is 0 Å². The number of nitrogens with zero attached hydrogens (tertiary/aromatic N) is 2. The summed E-state index contributed by atoms with van der Waals surface area (Å²) in [5, 5.41) is 6.87. The number of aromatic nitrogens is 2. The molecule has 0 spiro atoms. The van der Waals surface area contributed by atoms with Crippen molar-refractivity contribution in [2.24, 2.45) is 0 Å². The lowest BCUT2D eigenvalue weighted by molar-refractivity contribution is 0.380. The summed E-state index contributed by atoms with van der Waals surface area (Å²) in [6.45, 7) is 2.88. The van der Waals surface area contributed by atoms with Crippen LogP contribution in [-0.4, -0.2) is 16.7 Å². The normalized spacial score (nSPS) is 10.2. The van der Waals surface area contributed by atoms with Gasteiger partial charge < -0.3 is 9.84 Å². The minimum absolute atomic E-state index is 0.663. The SMILES string of the molecule is Cc1ccccc1NCCc1ncno1. The molecule has 0 unspecified atom stereocenters. The van der Waals surface area contributed by atoms with Gasteiger partial charge in [0, 0.05) is 18.7 Å². The van der Waals surface area contributed by atoms with Gasteiger partial charge >= 0.3 is 0 Å². The minimum Gasteiger partial charge on any atom is -0.384 e. The molecule has 0 radical (unpaired) electrons. The summed E-state index contributed by atoms with van der Waals surface area (Å²) in [6, 6.07) is 8.18. The van der Waals surface area contributed by atoms with Gasteiger partial charge in [-0.1, -0.05) is 23.4 Å². The summed E-state index contributed by atoms with van der Waals surface area (Å²) >= 11 is 0. The average molecular weight is 203 g/mol. The van der Waals surface area contributed by atoms with E-state index >= 15 is 0 Å². The number of aryl methyl sites for hydroxylation is 1. The molecule has 1 aromatic carbocycles. The van der Waals surface area contributed by atoms with Crippen LogP contribution in [-0.2, 0) is 6.42 Å². The van der Waals surface area contributed by atoms with Crippen LogP contribution in [0.3, 0.4) is 0 Å². The summed E-state index contributed by atoms with van der Waals surface area (Å²) in [4.78, 5) is 3.95. The van der Waals surface area contributed by atoms with Crippen molar-refractivity contribution in [3.8, 4) is 0 Å². The highest BCUT2D eigenvalue weighted by Gasteiger charge is 1.99. The fourth-order valence-corrected chi connectivity index (χ4v) is 1.38. The smallest absolute Gasteiger partial charge is 0.228 e. The molecule has 0 saturated heterocycles. The molecule has 2 aromatic rings. The predicted molar refractivity (Wildman–Crippen MR) is 57.7 cm³/mol. The molecule has 1 aromatic heterocycles. The molecule has 0 fully saturated rings. The van der Waals surface area contributed by atoms with Gasteiger partial charge in [-0.15, -0.1) is 0 Å². The average Bonchev–Trinajstić information content (AvgIpc) is 2.74. The Labute approximate surface area is 88.3 Å². The van der Waals surface area contributed by atoms with Crippen LogP contribution in [0.15, 0.2) is 35.1 Å². The van der Waals surface area contributed by atoms with E-state index in [0.29, 0.717) is 5.89 Å². The molecule has 1 heterocycles. The summed E-state index contributed by atoms with van der Waals surface area (Å²) in [7, 11) is 0. The molecule has 1 N–H and O–H groups in total. The first-order valence-electron chi connectivity index (χ1n) is 4.91. The van der Waals surface area contributed by atoms with Crippen LogP contribution in [0.25, 0.3) is 0 Å². The van der Waals surface area contributed by atoms with E-state index in [1.54, 1.807) is 0 Å². The van der Waals surface area contributed by atoms with E-state index in [4.69, 9.17) is 4.52 Å². The molecule has 0 aliphatic heterocycles. The molecule has 4 nitrogen and oxygen atoms in total. The van der Waals surface area contributed by atoms with Gasteiger partial charge in [0.1, 0.15) is 0 Å². The van der Waals surface area contributed by atoms with Crippen LogP contribution < -0.4 is 5.32 Å². The molecule has 2 rings (SSSR count). The Kier molecular flexibility index (Phi) is 2.97. The molecule has 15 heavy (non-hydrogen) atoms. The summed E-state index contributed by atoms with van der Waals surface area (Å²) < 4.78 is 4.90. The standard InChI is InChI=1S/C11H13N3O/c1-9-4-2-3-5-10(9)12-7-6-11-13-8-14-15-11/h2-5,8,12H,6-7H2,1H3. The highest BCUT2D eigenvalue weighted by molar-refractivity contribution is 5.50. The van der Waals surface area contributed by atoms with Crippen molar-refractivity contribution in [1.82, 2.24) is 10.1 Å². The number of nitrogens with one attached hydrogen (secondary N) is 1. The molecule has 0 aliphatic carbocycles. The van der Waals surface area contributed by atoms with Crippen molar-refractivity contribution in [1.29, 1.82) is 0 Å².